The Morgan fingerprint density at radius 3 is 2.32 bits per heavy atom. The van der Waals surface area contributed by atoms with Crippen LogP contribution in [0.4, 0.5) is 0 Å². The van der Waals surface area contributed by atoms with Crippen LogP contribution in [0.1, 0.15) is 43.2 Å². The highest BCUT2D eigenvalue weighted by atomic mass is 35.5. The van der Waals surface area contributed by atoms with E-state index in [9.17, 15) is 9.90 Å². The van der Waals surface area contributed by atoms with Crippen molar-refractivity contribution in [2.75, 3.05) is 0 Å². The minimum Gasteiger partial charge on any atom is -0.481 e. The van der Waals surface area contributed by atoms with Crippen LogP contribution in [0.15, 0.2) is 54.6 Å². The van der Waals surface area contributed by atoms with Gasteiger partial charge in [-0.15, -0.1) is 0 Å². The summed E-state index contributed by atoms with van der Waals surface area (Å²) in [6.07, 6.45) is 3.74. The van der Waals surface area contributed by atoms with Crippen molar-refractivity contribution in [1.29, 1.82) is 0 Å². The SMILES string of the molecule is O=C(O)CC1(c2ccc(Cl)cc2)CCC(OCc2ccccc2)CC1. The number of halogens is 1. The predicted molar refractivity (Wildman–Crippen MR) is 98.9 cm³/mol. The van der Waals surface area contributed by atoms with Gasteiger partial charge in [0.05, 0.1) is 19.1 Å². The van der Waals surface area contributed by atoms with Crippen LogP contribution in [-0.4, -0.2) is 17.2 Å². The number of rotatable bonds is 6. The summed E-state index contributed by atoms with van der Waals surface area (Å²) in [6, 6.07) is 17.8. The molecule has 0 aromatic heterocycles. The third kappa shape index (κ3) is 4.62. The lowest BCUT2D eigenvalue weighted by atomic mass is 9.67. The molecule has 0 aliphatic heterocycles. The van der Waals surface area contributed by atoms with E-state index in [0.717, 1.165) is 31.2 Å². The molecule has 0 radical (unpaired) electrons. The van der Waals surface area contributed by atoms with E-state index >= 15 is 0 Å². The monoisotopic (exact) mass is 358 g/mol. The first-order chi connectivity index (χ1) is 12.1. The van der Waals surface area contributed by atoms with Crippen LogP contribution < -0.4 is 0 Å². The van der Waals surface area contributed by atoms with Crippen LogP contribution in [0, 0.1) is 0 Å². The zero-order valence-electron chi connectivity index (χ0n) is 14.2. The van der Waals surface area contributed by atoms with Crippen molar-refractivity contribution in [3.05, 3.63) is 70.7 Å². The molecule has 0 saturated heterocycles. The van der Waals surface area contributed by atoms with E-state index in [4.69, 9.17) is 16.3 Å². The van der Waals surface area contributed by atoms with Gasteiger partial charge in [0.25, 0.3) is 0 Å². The second kappa shape index (κ2) is 8.03. The number of carboxylic acid groups (broad SMARTS) is 1. The van der Waals surface area contributed by atoms with E-state index in [1.807, 2.05) is 42.5 Å². The Balaban J connectivity index is 1.65. The molecule has 0 bridgehead atoms. The van der Waals surface area contributed by atoms with Crippen molar-refractivity contribution >= 4 is 17.6 Å². The molecule has 2 aromatic carbocycles. The lowest BCUT2D eigenvalue weighted by Crippen LogP contribution is -2.36. The summed E-state index contributed by atoms with van der Waals surface area (Å²) in [6.45, 7) is 0.610. The van der Waals surface area contributed by atoms with Crippen molar-refractivity contribution in [2.24, 2.45) is 0 Å². The van der Waals surface area contributed by atoms with Crippen LogP contribution in [0.3, 0.4) is 0 Å². The summed E-state index contributed by atoms with van der Waals surface area (Å²) in [7, 11) is 0. The Morgan fingerprint density at radius 1 is 1.08 bits per heavy atom. The Hall–Kier alpha value is -1.84. The Kier molecular flexibility index (Phi) is 5.77. The molecule has 0 atom stereocenters. The zero-order valence-corrected chi connectivity index (χ0v) is 14.9. The van der Waals surface area contributed by atoms with E-state index in [2.05, 4.69) is 12.1 Å². The van der Waals surface area contributed by atoms with Crippen LogP contribution in [-0.2, 0) is 21.6 Å². The number of hydrogen-bond donors (Lipinski definition) is 1. The van der Waals surface area contributed by atoms with Crippen LogP contribution in [0.25, 0.3) is 0 Å². The van der Waals surface area contributed by atoms with Gasteiger partial charge in [0.2, 0.25) is 0 Å². The lowest BCUT2D eigenvalue weighted by molar-refractivity contribution is -0.139. The first-order valence-corrected chi connectivity index (χ1v) is 9.09. The number of hydrogen-bond acceptors (Lipinski definition) is 2. The first-order valence-electron chi connectivity index (χ1n) is 8.71. The molecular formula is C21H23ClO3. The molecule has 0 unspecified atom stereocenters. The molecule has 1 aliphatic carbocycles. The molecule has 2 aromatic rings. The van der Waals surface area contributed by atoms with Crippen molar-refractivity contribution < 1.29 is 14.6 Å². The minimum atomic E-state index is -0.751. The first kappa shape index (κ1) is 18.0. The lowest BCUT2D eigenvalue weighted by Gasteiger charge is -2.39. The van der Waals surface area contributed by atoms with Gasteiger partial charge in [0.15, 0.2) is 0 Å². The van der Waals surface area contributed by atoms with E-state index in [0.29, 0.717) is 11.6 Å². The van der Waals surface area contributed by atoms with Crippen molar-refractivity contribution in [2.45, 2.75) is 50.2 Å². The summed E-state index contributed by atoms with van der Waals surface area (Å²) in [4.78, 5) is 11.4. The second-order valence-electron chi connectivity index (χ2n) is 6.85. The van der Waals surface area contributed by atoms with Gasteiger partial charge in [-0.05, 0) is 48.9 Å². The van der Waals surface area contributed by atoms with E-state index in [1.165, 1.54) is 5.56 Å². The minimum absolute atomic E-state index is 0.153. The molecule has 0 amide bonds. The Labute approximate surface area is 153 Å². The summed E-state index contributed by atoms with van der Waals surface area (Å²) >= 11 is 5.99. The second-order valence-corrected chi connectivity index (χ2v) is 7.29. The smallest absolute Gasteiger partial charge is 0.304 e. The highest BCUT2D eigenvalue weighted by Gasteiger charge is 2.39. The Bertz CT molecular complexity index is 689. The van der Waals surface area contributed by atoms with Crippen LogP contribution in [0.5, 0.6) is 0 Å². The molecule has 4 heteroatoms. The molecule has 132 valence electrons. The van der Waals surface area contributed by atoms with E-state index in [-0.39, 0.29) is 17.9 Å². The number of benzene rings is 2. The highest BCUT2D eigenvalue weighted by Crippen LogP contribution is 2.43. The number of carbonyl (C=O) groups is 1. The fourth-order valence-electron chi connectivity index (χ4n) is 3.76. The average molecular weight is 359 g/mol. The third-order valence-electron chi connectivity index (χ3n) is 5.16. The van der Waals surface area contributed by atoms with Gasteiger partial charge in [-0.3, -0.25) is 4.79 Å². The molecule has 0 heterocycles. The number of aliphatic carboxylic acids is 1. The van der Waals surface area contributed by atoms with Gasteiger partial charge in [-0.1, -0.05) is 54.1 Å². The van der Waals surface area contributed by atoms with Crippen LogP contribution in [0.2, 0.25) is 5.02 Å². The molecular weight excluding hydrogens is 336 g/mol. The van der Waals surface area contributed by atoms with Crippen molar-refractivity contribution in [3.63, 3.8) is 0 Å². The van der Waals surface area contributed by atoms with Crippen molar-refractivity contribution in [3.8, 4) is 0 Å². The predicted octanol–water partition coefficient (Wildman–Crippen LogP) is 5.21. The maximum atomic E-state index is 11.4. The maximum absolute atomic E-state index is 11.4. The van der Waals surface area contributed by atoms with E-state index in [1.54, 1.807) is 0 Å². The fourth-order valence-corrected chi connectivity index (χ4v) is 3.89. The molecule has 25 heavy (non-hydrogen) atoms. The van der Waals surface area contributed by atoms with Gasteiger partial charge >= 0.3 is 5.97 Å². The quantitative estimate of drug-likeness (QED) is 0.770. The molecule has 1 N–H and O–H groups in total. The number of carboxylic acids is 1. The molecule has 0 spiro atoms. The van der Waals surface area contributed by atoms with Gasteiger partial charge in [0, 0.05) is 10.4 Å². The van der Waals surface area contributed by atoms with Gasteiger partial charge < -0.3 is 9.84 Å². The number of ether oxygens (including phenoxy) is 1. The maximum Gasteiger partial charge on any atom is 0.304 e. The summed E-state index contributed by atoms with van der Waals surface area (Å²) < 4.78 is 6.05. The third-order valence-corrected chi connectivity index (χ3v) is 5.42. The molecule has 1 saturated carbocycles. The van der Waals surface area contributed by atoms with Gasteiger partial charge in [-0.2, -0.15) is 0 Å². The zero-order chi connectivity index (χ0) is 17.7. The summed E-state index contributed by atoms with van der Waals surface area (Å²) in [5.41, 5.74) is 1.92. The van der Waals surface area contributed by atoms with Gasteiger partial charge in [0.1, 0.15) is 0 Å². The highest BCUT2D eigenvalue weighted by molar-refractivity contribution is 6.30. The summed E-state index contributed by atoms with van der Waals surface area (Å²) in [5, 5.41) is 10.1. The normalized spacial score (nSPS) is 23.3. The van der Waals surface area contributed by atoms with Crippen LogP contribution >= 0.6 is 11.6 Å². The molecule has 1 aliphatic rings. The van der Waals surface area contributed by atoms with E-state index < -0.39 is 5.97 Å². The van der Waals surface area contributed by atoms with Crippen molar-refractivity contribution in [1.82, 2.24) is 0 Å². The Morgan fingerprint density at radius 2 is 1.72 bits per heavy atom. The molecule has 3 rings (SSSR count). The summed E-state index contributed by atoms with van der Waals surface area (Å²) in [5.74, 6) is -0.751. The van der Waals surface area contributed by atoms with Gasteiger partial charge in [-0.25, -0.2) is 0 Å². The molecule has 1 fully saturated rings. The molecule has 3 nitrogen and oxygen atoms in total. The average Bonchev–Trinajstić information content (AvgIpc) is 2.62. The fraction of sp³-hybridized carbons (Fsp3) is 0.381. The topological polar surface area (TPSA) is 46.5 Å². The largest absolute Gasteiger partial charge is 0.481 e. The standard InChI is InChI=1S/C21H23ClO3/c22-18-8-6-17(7-9-18)21(14-20(23)24)12-10-19(11-13-21)25-15-16-4-2-1-3-5-16/h1-9,19H,10-15H2,(H,23,24).